The molecule has 1 heterocycles. The molecule has 1 amide bonds. The largest absolute Gasteiger partial charge is 0.451 e. The van der Waals surface area contributed by atoms with Gasteiger partial charge in [0.15, 0.2) is 5.76 Å². The third-order valence-corrected chi connectivity index (χ3v) is 3.73. The monoisotopic (exact) mass is 324 g/mol. The van der Waals surface area contributed by atoms with E-state index in [0.29, 0.717) is 18.2 Å². The maximum Gasteiger partial charge on any atom is 0.287 e. The molecule has 4 nitrogen and oxygen atoms in total. The smallest absolute Gasteiger partial charge is 0.287 e. The van der Waals surface area contributed by atoms with Crippen LogP contribution in [0.4, 0.5) is 0 Å². The highest BCUT2D eigenvalue weighted by molar-refractivity contribution is 5.96. The van der Waals surface area contributed by atoms with Crippen LogP contribution in [0.1, 0.15) is 41.9 Å². The predicted molar refractivity (Wildman–Crippen MR) is 92.7 cm³/mol. The summed E-state index contributed by atoms with van der Waals surface area (Å²) in [5, 5.41) is 3.90. The van der Waals surface area contributed by atoms with Gasteiger partial charge in [0.05, 0.1) is 0 Å². The Morgan fingerprint density at radius 3 is 2.45 bits per heavy atom. The topological polar surface area (TPSA) is 68.3 Å². The Hall–Kier alpha value is -1.52. The lowest BCUT2D eigenvalue weighted by atomic mass is 10.0. The number of aryl methyl sites for hydroxylation is 2. The fraction of sp³-hybridized carbons (Fsp3) is 0.471. The van der Waals surface area contributed by atoms with Crippen molar-refractivity contribution in [1.82, 2.24) is 5.32 Å². The molecular formula is C17H25ClN2O2. The Kier molecular flexibility index (Phi) is 6.45. The van der Waals surface area contributed by atoms with Gasteiger partial charge in [0, 0.05) is 18.0 Å². The van der Waals surface area contributed by atoms with Crippen molar-refractivity contribution in [3.05, 3.63) is 35.1 Å². The van der Waals surface area contributed by atoms with Crippen molar-refractivity contribution >= 4 is 29.3 Å². The van der Waals surface area contributed by atoms with E-state index in [1.165, 1.54) is 5.56 Å². The van der Waals surface area contributed by atoms with Crippen LogP contribution in [0.3, 0.4) is 0 Å². The Balaban J connectivity index is 0.00000242. The summed E-state index contributed by atoms with van der Waals surface area (Å²) in [7, 11) is 0. The zero-order valence-electron chi connectivity index (χ0n) is 13.6. The Bertz CT molecular complexity index is 610. The minimum Gasteiger partial charge on any atom is -0.451 e. The van der Waals surface area contributed by atoms with Crippen molar-refractivity contribution in [3.8, 4) is 0 Å². The fourth-order valence-electron chi connectivity index (χ4n) is 2.45. The predicted octanol–water partition coefficient (Wildman–Crippen LogP) is 3.57. The number of fused-ring (bicyclic) bond motifs is 1. The van der Waals surface area contributed by atoms with Gasteiger partial charge >= 0.3 is 0 Å². The molecule has 2 rings (SSSR count). The minimum atomic E-state index is -0.197. The second kappa shape index (κ2) is 7.65. The lowest BCUT2D eigenvalue weighted by Gasteiger charge is -2.17. The van der Waals surface area contributed by atoms with Gasteiger partial charge in [-0.05, 0) is 55.5 Å². The van der Waals surface area contributed by atoms with E-state index < -0.39 is 0 Å². The number of carbonyl (C=O) groups excluding carboxylic acids is 1. The first-order chi connectivity index (χ1) is 9.90. The van der Waals surface area contributed by atoms with Gasteiger partial charge in [-0.3, -0.25) is 4.79 Å². The summed E-state index contributed by atoms with van der Waals surface area (Å²) in [6, 6.07) is 5.78. The number of halogens is 1. The van der Waals surface area contributed by atoms with Gasteiger partial charge in [-0.1, -0.05) is 13.8 Å². The van der Waals surface area contributed by atoms with E-state index >= 15 is 0 Å². The third kappa shape index (κ3) is 4.24. The molecular weight excluding hydrogens is 300 g/mol. The fourth-order valence-corrected chi connectivity index (χ4v) is 2.45. The van der Waals surface area contributed by atoms with Crippen LogP contribution in [-0.4, -0.2) is 18.5 Å². The number of benzene rings is 1. The lowest BCUT2D eigenvalue weighted by molar-refractivity contribution is 0.0908. The van der Waals surface area contributed by atoms with E-state index in [9.17, 15) is 4.79 Å². The Labute approximate surface area is 137 Å². The molecule has 22 heavy (non-hydrogen) atoms. The number of rotatable bonds is 5. The van der Waals surface area contributed by atoms with Crippen LogP contribution in [-0.2, 0) is 0 Å². The standard InChI is InChI=1S/C17H24N2O2.ClH/c1-10(2)5-14(9-18)19-17(20)16-8-13-6-11(3)12(4)7-15(13)21-16;/h6-8,10,14H,5,9,18H2,1-4H3,(H,19,20);1H. The van der Waals surface area contributed by atoms with Crippen LogP contribution >= 0.6 is 12.4 Å². The maximum atomic E-state index is 12.3. The van der Waals surface area contributed by atoms with Crippen molar-refractivity contribution in [2.24, 2.45) is 11.7 Å². The van der Waals surface area contributed by atoms with Crippen molar-refractivity contribution < 1.29 is 9.21 Å². The second-order valence-corrected chi connectivity index (χ2v) is 6.12. The molecule has 5 heteroatoms. The molecule has 3 N–H and O–H groups in total. The van der Waals surface area contributed by atoms with Gasteiger partial charge < -0.3 is 15.5 Å². The maximum absolute atomic E-state index is 12.3. The highest BCUT2D eigenvalue weighted by atomic mass is 35.5. The van der Waals surface area contributed by atoms with Gasteiger partial charge in [-0.15, -0.1) is 12.4 Å². The minimum absolute atomic E-state index is 0. The van der Waals surface area contributed by atoms with E-state index in [0.717, 1.165) is 23.0 Å². The van der Waals surface area contributed by atoms with Crippen molar-refractivity contribution in [3.63, 3.8) is 0 Å². The molecule has 0 radical (unpaired) electrons. The first-order valence-corrected chi connectivity index (χ1v) is 7.42. The van der Waals surface area contributed by atoms with E-state index in [1.54, 1.807) is 6.07 Å². The van der Waals surface area contributed by atoms with Crippen LogP contribution < -0.4 is 11.1 Å². The third-order valence-electron chi connectivity index (χ3n) is 3.73. The summed E-state index contributed by atoms with van der Waals surface area (Å²) in [6.45, 7) is 8.74. The molecule has 0 saturated carbocycles. The molecule has 1 unspecified atom stereocenters. The number of furan rings is 1. The second-order valence-electron chi connectivity index (χ2n) is 6.12. The highest BCUT2D eigenvalue weighted by Crippen LogP contribution is 2.23. The number of nitrogens with two attached hydrogens (primary N) is 1. The molecule has 0 saturated heterocycles. The zero-order chi connectivity index (χ0) is 15.6. The van der Waals surface area contributed by atoms with Crippen molar-refractivity contribution in [2.45, 2.75) is 40.2 Å². The van der Waals surface area contributed by atoms with Crippen LogP contribution in [0.2, 0.25) is 0 Å². The van der Waals surface area contributed by atoms with Crippen molar-refractivity contribution in [1.29, 1.82) is 0 Å². The molecule has 0 fully saturated rings. The lowest BCUT2D eigenvalue weighted by Crippen LogP contribution is -2.40. The Morgan fingerprint density at radius 1 is 1.23 bits per heavy atom. The normalized spacial score (nSPS) is 12.3. The van der Waals surface area contributed by atoms with Gasteiger partial charge in [-0.25, -0.2) is 0 Å². The Morgan fingerprint density at radius 2 is 1.86 bits per heavy atom. The summed E-state index contributed by atoms with van der Waals surface area (Å²) in [5.41, 5.74) is 8.81. The first-order valence-electron chi connectivity index (χ1n) is 7.42. The number of hydrogen-bond donors (Lipinski definition) is 2. The first kappa shape index (κ1) is 18.5. The van der Waals surface area contributed by atoms with Gasteiger partial charge in [-0.2, -0.15) is 0 Å². The van der Waals surface area contributed by atoms with Gasteiger partial charge in [0.2, 0.25) is 0 Å². The number of amides is 1. The molecule has 1 aromatic heterocycles. The number of nitrogens with one attached hydrogen (secondary N) is 1. The molecule has 2 aromatic rings. The molecule has 0 spiro atoms. The van der Waals surface area contributed by atoms with Crippen LogP contribution in [0.25, 0.3) is 11.0 Å². The molecule has 0 bridgehead atoms. The van der Waals surface area contributed by atoms with Crippen molar-refractivity contribution in [2.75, 3.05) is 6.54 Å². The summed E-state index contributed by atoms with van der Waals surface area (Å²) in [5.74, 6) is 0.634. The van der Waals surface area contributed by atoms with Crippen LogP contribution in [0.5, 0.6) is 0 Å². The highest BCUT2D eigenvalue weighted by Gasteiger charge is 2.17. The SMILES string of the molecule is Cc1cc2cc(C(=O)NC(CN)CC(C)C)oc2cc1C.Cl. The van der Waals surface area contributed by atoms with Crippen LogP contribution in [0.15, 0.2) is 22.6 Å². The molecule has 0 aliphatic rings. The average molecular weight is 325 g/mol. The molecule has 1 aromatic carbocycles. The summed E-state index contributed by atoms with van der Waals surface area (Å²) < 4.78 is 5.66. The van der Waals surface area contributed by atoms with E-state index in [-0.39, 0.29) is 24.4 Å². The molecule has 0 aliphatic carbocycles. The van der Waals surface area contributed by atoms with E-state index in [1.807, 2.05) is 19.1 Å². The quantitative estimate of drug-likeness (QED) is 0.883. The summed E-state index contributed by atoms with van der Waals surface area (Å²) >= 11 is 0. The molecule has 122 valence electrons. The van der Waals surface area contributed by atoms with E-state index in [2.05, 4.69) is 26.1 Å². The number of carbonyl (C=O) groups is 1. The van der Waals surface area contributed by atoms with Gasteiger partial charge in [0.25, 0.3) is 5.91 Å². The number of hydrogen-bond acceptors (Lipinski definition) is 3. The molecule has 0 aliphatic heterocycles. The zero-order valence-corrected chi connectivity index (χ0v) is 14.4. The van der Waals surface area contributed by atoms with Crippen LogP contribution in [0, 0.1) is 19.8 Å². The molecule has 1 atom stereocenters. The average Bonchev–Trinajstić information content (AvgIpc) is 2.80. The summed E-state index contributed by atoms with van der Waals surface area (Å²) in [4.78, 5) is 12.3. The summed E-state index contributed by atoms with van der Waals surface area (Å²) in [6.07, 6.45) is 0.862. The van der Waals surface area contributed by atoms with E-state index in [4.69, 9.17) is 10.2 Å². The van der Waals surface area contributed by atoms with Gasteiger partial charge in [0.1, 0.15) is 5.58 Å².